The Kier molecular flexibility index (Phi) is 9.49. The first-order valence-corrected chi connectivity index (χ1v) is 14.9. The Balaban J connectivity index is 0.00000128. The van der Waals surface area contributed by atoms with Crippen molar-refractivity contribution in [3.8, 4) is 0 Å². The van der Waals surface area contributed by atoms with Crippen LogP contribution in [0.5, 0.6) is 0 Å². The van der Waals surface area contributed by atoms with E-state index in [2.05, 4.69) is 29.9 Å². The van der Waals surface area contributed by atoms with Gasteiger partial charge in [0.2, 0.25) is 5.95 Å². The predicted molar refractivity (Wildman–Crippen MR) is 145 cm³/mol. The van der Waals surface area contributed by atoms with Crippen molar-refractivity contribution in [2.75, 3.05) is 24.7 Å². The van der Waals surface area contributed by atoms with Crippen LogP contribution < -0.4 is 17.0 Å². The minimum absolute atomic E-state index is 0.0728. The minimum Gasteiger partial charge on any atom is -0.394 e. The lowest BCUT2D eigenvalue weighted by molar-refractivity contribution is -0.0615. The monoisotopic (exact) mass is 678 g/mol. The third-order valence-electron chi connectivity index (χ3n) is 6.82. The maximum Gasteiger partial charge on any atom is 0.472 e. The average Bonchev–Trinajstić information content (AvgIpc) is 3.74. The number of hydrogen-bond donors (Lipinski definition) is 8. The van der Waals surface area contributed by atoms with Crippen molar-refractivity contribution in [2.45, 2.75) is 49.1 Å². The number of fused-ring (bicyclic) bond motifs is 2. The van der Waals surface area contributed by atoms with Gasteiger partial charge in [-0.05, 0) is 0 Å². The van der Waals surface area contributed by atoms with Crippen LogP contribution in [0.3, 0.4) is 0 Å². The molecule has 2 aliphatic rings. The number of nitrogens with zero attached hydrogens (tertiary/aromatic N) is 7. The van der Waals surface area contributed by atoms with Crippen LogP contribution in [-0.2, 0) is 27.7 Å². The van der Waals surface area contributed by atoms with Crippen molar-refractivity contribution in [1.82, 2.24) is 39.0 Å². The zero-order chi connectivity index (χ0) is 32.6. The highest BCUT2D eigenvalue weighted by Crippen LogP contribution is 2.50. The highest BCUT2D eigenvalue weighted by Gasteiger charge is 2.51. The Morgan fingerprint density at radius 1 is 1.04 bits per heavy atom. The summed E-state index contributed by atoms with van der Waals surface area (Å²) in [6.07, 6.45) is -9.30. The Morgan fingerprint density at radius 2 is 1.69 bits per heavy atom. The fourth-order valence-electron chi connectivity index (χ4n) is 4.81. The van der Waals surface area contributed by atoms with Crippen LogP contribution in [0.2, 0.25) is 0 Å². The van der Waals surface area contributed by atoms with Gasteiger partial charge in [-0.1, -0.05) is 0 Å². The standard InChI is InChI=1S/C20H24FN10O10P.HO2P/c21-8-6(1-32)39-19(31-5-27-10-16(31)28-20(23)29-17(10)35)13(8)41-42(36,37)38-2-7-11(33)12(34)18(40-7)30-4-26-9-14(22)24-3-25-15(9)30;1-3-2/h3-8,11-13,18-19,32-34H,1-2H2,(H,36,37)(H2,22,24,25)(H3,23,28,29,35);(H,1,2)/t6-,7-,8?,11?,12+,13+,18-,19-;/m1./s1. The SMILES string of the molecule is Nc1nc2c(ncn2[C@@H]2O[C@H](CO)C(F)[C@@H]2OP(=O)(O)OC[C@H]2O[C@@H](n3cnc4c(N)ncnc43)[C@@H](O)C2O)c(=O)[nH]1.O=PO. The second-order valence-corrected chi connectivity index (χ2v) is 11.1. The lowest BCUT2D eigenvalue weighted by Gasteiger charge is -2.24. The molecule has 22 nitrogen and oxygen atoms in total. The number of phosphoric ester groups is 1. The van der Waals surface area contributed by atoms with Crippen molar-refractivity contribution < 1.29 is 57.1 Å². The van der Waals surface area contributed by atoms with Gasteiger partial charge in [-0.15, -0.1) is 0 Å². The van der Waals surface area contributed by atoms with E-state index in [4.69, 9.17) is 39.4 Å². The smallest absolute Gasteiger partial charge is 0.394 e. The first-order chi connectivity index (χ1) is 21.4. The fourth-order valence-corrected chi connectivity index (χ4v) is 5.74. The van der Waals surface area contributed by atoms with E-state index in [9.17, 15) is 29.6 Å². The number of anilines is 2. The Labute approximate surface area is 250 Å². The van der Waals surface area contributed by atoms with Gasteiger partial charge in [0.25, 0.3) is 5.56 Å². The van der Waals surface area contributed by atoms with E-state index >= 15 is 4.39 Å². The zero-order valence-electron chi connectivity index (χ0n) is 22.4. The summed E-state index contributed by atoms with van der Waals surface area (Å²) in [4.78, 5) is 51.6. The van der Waals surface area contributed by atoms with Gasteiger partial charge in [-0.25, -0.2) is 33.5 Å². The summed E-state index contributed by atoms with van der Waals surface area (Å²) in [6, 6.07) is 0. The molecular weight excluding hydrogens is 653 g/mol. The van der Waals surface area contributed by atoms with Gasteiger partial charge in [-0.3, -0.25) is 28.0 Å². The van der Waals surface area contributed by atoms with Crippen LogP contribution in [-0.4, -0.2) is 114 Å². The van der Waals surface area contributed by atoms with Gasteiger partial charge in [0.15, 0.2) is 41.3 Å². The molecule has 0 radical (unpaired) electrons. The molecule has 2 saturated heterocycles. The number of nitrogen functional groups attached to an aromatic ring is 2. The largest absolute Gasteiger partial charge is 0.472 e. The van der Waals surface area contributed by atoms with Crippen LogP contribution in [0.4, 0.5) is 16.2 Å². The van der Waals surface area contributed by atoms with E-state index in [1.807, 2.05) is 0 Å². The number of aliphatic hydroxyl groups is 3. The molecule has 0 aliphatic carbocycles. The summed E-state index contributed by atoms with van der Waals surface area (Å²) in [5, 5.41) is 30.7. The molecule has 2 fully saturated rings. The summed E-state index contributed by atoms with van der Waals surface area (Å²) in [7, 11) is -5.97. The number of ether oxygens (including phenoxy) is 2. The first-order valence-electron chi connectivity index (χ1n) is 12.6. The molecule has 4 aromatic rings. The number of H-pyrrole nitrogens is 1. The molecule has 4 aromatic heterocycles. The number of nitrogens with one attached hydrogen (secondary N) is 1. The third-order valence-corrected chi connectivity index (χ3v) is 7.81. The van der Waals surface area contributed by atoms with E-state index in [0.717, 1.165) is 10.9 Å². The normalized spacial score (nSPS) is 29.6. The lowest BCUT2D eigenvalue weighted by atomic mass is 10.1. The maximum absolute atomic E-state index is 15.2. The van der Waals surface area contributed by atoms with Crippen LogP contribution in [0.25, 0.3) is 22.3 Å². The molecule has 3 unspecified atom stereocenters. The number of phosphoric acid groups is 1. The van der Waals surface area contributed by atoms with Gasteiger partial charge < -0.3 is 46.0 Å². The van der Waals surface area contributed by atoms with Crippen LogP contribution >= 0.6 is 16.5 Å². The molecule has 244 valence electrons. The highest BCUT2D eigenvalue weighted by atomic mass is 31.2. The molecule has 6 rings (SSSR count). The number of alkyl halides is 1. The molecule has 10 N–H and O–H groups in total. The zero-order valence-corrected chi connectivity index (χ0v) is 24.2. The van der Waals surface area contributed by atoms with Gasteiger partial charge >= 0.3 is 16.5 Å². The number of imidazole rings is 2. The molecule has 0 aromatic carbocycles. The molecule has 45 heavy (non-hydrogen) atoms. The number of rotatable bonds is 8. The maximum atomic E-state index is 15.2. The quantitative estimate of drug-likeness (QED) is 0.0905. The van der Waals surface area contributed by atoms with Crippen molar-refractivity contribution in [2.24, 2.45) is 0 Å². The van der Waals surface area contributed by atoms with Gasteiger partial charge in [0, 0.05) is 0 Å². The Morgan fingerprint density at radius 3 is 2.38 bits per heavy atom. The van der Waals surface area contributed by atoms with Gasteiger partial charge in [0.1, 0.15) is 42.4 Å². The lowest BCUT2D eigenvalue weighted by Crippen LogP contribution is -2.34. The molecular formula is C20H25FN10O12P2. The molecule has 25 heteroatoms. The van der Waals surface area contributed by atoms with E-state index in [-0.39, 0.29) is 34.1 Å². The van der Waals surface area contributed by atoms with E-state index < -0.39 is 84.4 Å². The predicted octanol–water partition coefficient (Wildman–Crippen LogP) is -2.34. The number of hydrogen-bond acceptors (Lipinski definition) is 17. The summed E-state index contributed by atoms with van der Waals surface area (Å²) >= 11 is 0. The summed E-state index contributed by atoms with van der Waals surface area (Å²) < 4.78 is 60.2. The molecule has 0 bridgehead atoms. The van der Waals surface area contributed by atoms with Crippen molar-refractivity contribution in [3.05, 3.63) is 29.3 Å². The first kappa shape index (κ1) is 32.8. The fraction of sp³-hybridized carbons (Fsp3) is 0.500. The van der Waals surface area contributed by atoms with Gasteiger partial charge in [-0.2, -0.15) is 4.98 Å². The Bertz CT molecular complexity index is 1790. The molecule has 9 atom stereocenters. The topological polar surface area (TPSA) is 331 Å². The van der Waals surface area contributed by atoms with Crippen molar-refractivity contribution >= 4 is 50.6 Å². The van der Waals surface area contributed by atoms with Crippen LogP contribution in [0.15, 0.2) is 23.8 Å². The van der Waals surface area contributed by atoms with Crippen molar-refractivity contribution in [3.63, 3.8) is 0 Å². The Hall–Kier alpha value is -3.60. The van der Waals surface area contributed by atoms with E-state index in [1.54, 1.807) is 0 Å². The number of nitrogens with two attached hydrogens (primary N) is 2. The molecule has 0 amide bonds. The van der Waals surface area contributed by atoms with E-state index in [0.29, 0.717) is 0 Å². The number of aromatic nitrogens is 8. The number of aromatic amines is 1. The molecule has 0 saturated carbocycles. The third kappa shape index (κ3) is 6.28. The van der Waals surface area contributed by atoms with Crippen molar-refractivity contribution in [1.29, 1.82) is 0 Å². The number of aliphatic hydroxyl groups excluding tert-OH is 3. The average molecular weight is 678 g/mol. The summed E-state index contributed by atoms with van der Waals surface area (Å²) in [5.41, 5.74) is 10.8. The second kappa shape index (κ2) is 13.0. The second-order valence-electron chi connectivity index (χ2n) is 9.51. The molecule has 2 aliphatic heterocycles. The highest BCUT2D eigenvalue weighted by molar-refractivity contribution is 7.47. The minimum atomic E-state index is -5.14. The molecule has 0 spiro atoms. The van der Waals surface area contributed by atoms with Crippen LogP contribution in [0.1, 0.15) is 12.5 Å². The molecule has 6 heterocycles. The summed E-state index contributed by atoms with van der Waals surface area (Å²) in [6.45, 7) is -1.61. The number of halogens is 1. The van der Waals surface area contributed by atoms with Gasteiger partial charge in [0.05, 0.1) is 25.9 Å². The van der Waals surface area contributed by atoms with E-state index in [1.165, 1.54) is 17.2 Å². The summed E-state index contributed by atoms with van der Waals surface area (Å²) in [5.74, 6) is -0.213. The van der Waals surface area contributed by atoms with Crippen LogP contribution in [0, 0.1) is 0 Å².